The molecule has 0 aliphatic carbocycles. The second-order valence-electron chi connectivity index (χ2n) is 7.34. The molecule has 0 aliphatic heterocycles. The van der Waals surface area contributed by atoms with Gasteiger partial charge in [-0.2, -0.15) is 9.78 Å². The van der Waals surface area contributed by atoms with Crippen LogP contribution in [-0.2, 0) is 10.2 Å². The lowest BCUT2D eigenvalue weighted by Gasteiger charge is -2.13. The number of unbranched alkanes of at least 4 members (excludes halogenated alkanes) is 4. The van der Waals surface area contributed by atoms with Gasteiger partial charge in [0.2, 0.25) is 5.91 Å². The van der Waals surface area contributed by atoms with Crippen molar-refractivity contribution in [1.29, 1.82) is 0 Å². The SMILES string of the molecule is CCCCCCCC(=O)Nc1cc(C(C)(C)C)nn1-c1ncccn1. The zero-order valence-corrected chi connectivity index (χ0v) is 15.7. The Kier molecular flexibility index (Phi) is 6.67. The summed E-state index contributed by atoms with van der Waals surface area (Å²) in [7, 11) is 0. The van der Waals surface area contributed by atoms with Gasteiger partial charge in [-0.25, -0.2) is 9.97 Å². The minimum Gasteiger partial charge on any atom is -0.310 e. The van der Waals surface area contributed by atoms with Crippen molar-refractivity contribution in [2.75, 3.05) is 5.32 Å². The highest BCUT2D eigenvalue weighted by Gasteiger charge is 2.22. The third-order valence-corrected chi connectivity index (χ3v) is 3.99. The van der Waals surface area contributed by atoms with Crippen molar-refractivity contribution >= 4 is 11.7 Å². The van der Waals surface area contributed by atoms with Crippen molar-refractivity contribution in [2.24, 2.45) is 0 Å². The lowest BCUT2D eigenvalue weighted by molar-refractivity contribution is -0.116. The van der Waals surface area contributed by atoms with E-state index in [4.69, 9.17) is 0 Å². The van der Waals surface area contributed by atoms with Crippen LogP contribution in [0.3, 0.4) is 0 Å². The van der Waals surface area contributed by atoms with E-state index in [2.05, 4.69) is 48.1 Å². The molecule has 2 aromatic rings. The van der Waals surface area contributed by atoms with Gasteiger partial charge in [0.15, 0.2) is 0 Å². The first kappa shape index (κ1) is 19.1. The molecule has 2 rings (SSSR count). The maximum absolute atomic E-state index is 12.3. The smallest absolute Gasteiger partial charge is 0.252 e. The van der Waals surface area contributed by atoms with Gasteiger partial charge in [-0.1, -0.05) is 53.4 Å². The third-order valence-electron chi connectivity index (χ3n) is 3.99. The molecule has 0 saturated heterocycles. The zero-order chi connectivity index (χ0) is 18.3. The molecular weight excluding hydrogens is 314 g/mol. The summed E-state index contributed by atoms with van der Waals surface area (Å²) in [4.78, 5) is 20.8. The van der Waals surface area contributed by atoms with Crippen LogP contribution in [0.1, 0.15) is 71.9 Å². The molecule has 0 fully saturated rings. The molecule has 0 atom stereocenters. The minimum atomic E-state index is -0.125. The van der Waals surface area contributed by atoms with Gasteiger partial charge >= 0.3 is 0 Å². The molecule has 0 aromatic carbocycles. The van der Waals surface area contributed by atoms with Crippen molar-refractivity contribution in [2.45, 2.75) is 71.6 Å². The van der Waals surface area contributed by atoms with E-state index in [9.17, 15) is 4.79 Å². The van der Waals surface area contributed by atoms with Gasteiger partial charge in [0, 0.05) is 30.3 Å². The first-order valence-corrected chi connectivity index (χ1v) is 9.09. The molecule has 6 nitrogen and oxygen atoms in total. The molecule has 0 unspecified atom stereocenters. The third kappa shape index (κ3) is 5.66. The summed E-state index contributed by atoms with van der Waals surface area (Å²) >= 11 is 0. The van der Waals surface area contributed by atoms with E-state index in [1.165, 1.54) is 19.3 Å². The van der Waals surface area contributed by atoms with Gasteiger partial charge in [-0.05, 0) is 12.5 Å². The van der Waals surface area contributed by atoms with Gasteiger partial charge < -0.3 is 5.32 Å². The Hall–Kier alpha value is -2.24. The number of hydrogen-bond donors (Lipinski definition) is 1. The van der Waals surface area contributed by atoms with Crippen LogP contribution in [-0.4, -0.2) is 25.7 Å². The number of aromatic nitrogens is 4. The molecule has 0 spiro atoms. The number of nitrogens with zero attached hydrogens (tertiary/aromatic N) is 4. The van der Waals surface area contributed by atoms with E-state index in [-0.39, 0.29) is 11.3 Å². The monoisotopic (exact) mass is 343 g/mol. The average Bonchev–Trinajstić information content (AvgIpc) is 2.99. The fourth-order valence-corrected chi connectivity index (χ4v) is 2.48. The Bertz CT molecular complexity index is 673. The van der Waals surface area contributed by atoms with E-state index in [1.807, 2.05) is 6.07 Å². The number of carbonyl (C=O) groups excluding carboxylic acids is 1. The maximum atomic E-state index is 12.3. The largest absolute Gasteiger partial charge is 0.310 e. The lowest BCUT2D eigenvalue weighted by Crippen LogP contribution is -2.16. The summed E-state index contributed by atoms with van der Waals surface area (Å²) in [6.45, 7) is 8.45. The predicted octanol–water partition coefficient (Wildman–Crippen LogP) is 4.26. The van der Waals surface area contributed by atoms with Gasteiger partial charge in [-0.15, -0.1) is 0 Å². The van der Waals surface area contributed by atoms with Crippen LogP contribution in [0.25, 0.3) is 5.95 Å². The normalized spacial score (nSPS) is 11.5. The van der Waals surface area contributed by atoms with Crippen LogP contribution >= 0.6 is 0 Å². The summed E-state index contributed by atoms with van der Waals surface area (Å²) < 4.78 is 1.61. The van der Waals surface area contributed by atoms with Crippen LogP contribution in [0.15, 0.2) is 24.5 Å². The zero-order valence-electron chi connectivity index (χ0n) is 15.7. The van der Waals surface area contributed by atoms with Crippen molar-refractivity contribution in [3.05, 3.63) is 30.2 Å². The molecule has 6 heteroatoms. The van der Waals surface area contributed by atoms with E-state index in [0.717, 1.165) is 18.5 Å². The molecule has 0 saturated carbocycles. The maximum Gasteiger partial charge on any atom is 0.252 e. The molecule has 0 radical (unpaired) electrons. The first-order chi connectivity index (χ1) is 11.9. The molecule has 25 heavy (non-hydrogen) atoms. The van der Waals surface area contributed by atoms with Crippen molar-refractivity contribution < 1.29 is 4.79 Å². The molecular formula is C19H29N5O. The number of rotatable bonds is 8. The Labute approximate surface area is 150 Å². The van der Waals surface area contributed by atoms with Crippen LogP contribution in [0.2, 0.25) is 0 Å². The highest BCUT2D eigenvalue weighted by molar-refractivity contribution is 5.90. The highest BCUT2D eigenvalue weighted by atomic mass is 16.1. The van der Waals surface area contributed by atoms with Gasteiger partial charge in [0.05, 0.1) is 5.69 Å². The number of carbonyl (C=O) groups is 1. The Morgan fingerprint density at radius 3 is 2.44 bits per heavy atom. The second-order valence-corrected chi connectivity index (χ2v) is 7.34. The van der Waals surface area contributed by atoms with Crippen molar-refractivity contribution in [1.82, 2.24) is 19.7 Å². The van der Waals surface area contributed by atoms with Crippen LogP contribution in [0.5, 0.6) is 0 Å². The summed E-state index contributed by atoms with van der Waals surface area (Å²) in [6.07, 6.45) is 9.49. The van der Waals surface area contributed by atoms with E-state index in [0.29, 0.717) is 18.2 Å². The summed E-state index contributed by atoms with van der Waals surface area (Å²) in [5, 5.41) is 7.58. The molecule has 2 heterocycles. The van der Waals surface area contributed by atoms with E-state index in [1.54, 1.807) is 23.1 Å². The van der Waals surface area contributed by atoms with Crippen LogP contribution in [0.4, 0.5) is 5.82 Å². The molecule has 0 aliphatic rings. The molecule has 2 aromatic heterocycles. The van der Waals surface area contributed by atoms with E-state index >= 15 is 0 Å². The lowest BCUT2D eigenvalue weighted by atomic mass is 9.92. The second kappa shape index (κ2) is 8.74. The summed E-state index contributed by atoms with van der Waals surface area (Å²) in [5.74, 6) is 1.08. The standard InChI is InChI=1S/C19H29N5O/c1-5-6-7-8-9-11-17(25)22-16-14-15(19(2,3)4)23-24(16)18-20-12-10-13-21-18/h10,12-14H,5-9,11H2,1-4H3,(H,22,25). The van der Waals surface area contributed by atoms with Crippen molar-refractivity contribution in [3.63, 3.8) is 0 Å². The van der Waals surface area contributed by atoms with Crippen LogP contribution in [0, 0.1) is 0 Å². The fourth-order valence-electron chi connectivity index (χ4n) is 2.48. The quantitative estimate of drug-likeness (QED) is 0.727. The minimum absolute atomic E-state index is 0.00837. The van der Waals surface area contributed by atoms with E-state index < -0.39 is 0 Å². The van der Waals surface area contributed by atoms with Gasteiger partial charge in [0.25, 0.3) is 5.95 Å². The first-order valence-electron chi connectivity index (χ1n) is 9.09. The summed E-state index contributed by atoms with van der Waals surface area (Å²) in [6, 6.07) is 3.66. The topological polar surface area (TPSA) is 72.7 Å². The van der Waals surface area contributed by atoms with Gasteiger partial charge in [0.1, 0.15) is 5.82 Å². The average molecular weight is 343 g/mol. The number of nitrogens with one attached hydrogen (secondary N) is 1. The highest BCUT2D eigenvalue weighted by Crippen LogP contribution is 2.25. The number of amides is 1. The van der Waals surface area contributed by atoms with Crippen molar-refractivity contribution in [3.8, 4) is 5.95 Å². The fraction of sp³-hybridized carbons (Fsp3) is 0.579. The Balaban J connectivity index is 2.10. The van der Waals surface area contributed by atoms with Gasteiger partial charge in [-0.3, -0.25) is 4.79 Å². The molecule has 1 amide bonds. The molecule has 1 N–H and O–H groups in total. The van der Waals surface area contributed by atoms with Crippen LogP contribution < -0.4 is 5.32 Å². The number of hydrogen-bond acceptors (Lipinski definition) is 4. The number of anilines is 1. The Morgan fingerprint density at radius 2 is 1.80 bits per heavy atom. The molecule has 0 bridgehead atoms. The Morgan fingerprint density at radius 1 is 1.12 bits per heavy atom. The predicted molar refractivity (Wildman–Crippen MR) is 99.9 cm³/mol. The summed E-state index contributed by atoms with van der Waals surface area (Å²) in [5.41, 5.74) is 0.762. The molecule has 136 valence electrons.